The largest absolute Gasteiger partial charge is 0.391 e. The lowest BCUT2D eigenvalue weighted by atomic mass is 9.82. The van der Waals surface area contributed by atoms with Crippen molar-refractivity contribution in [2.75, 3.05) is 12.9 Å². The Balaban J connectivity index is 2.33. The van der Waals surface area contributed by atoms with Crippen molar-refractivity contribution < 1.29 is 25.8 Å². The Kier molecular flexibility index (Phi) is 4.23. The SMILES string of the molecule is CS(=O)(=O)OC[C@H]1CC[C@H](C(F)(F)F)CC1. The number of hydrogen-bond donors (Lipinski definition) is 0. The van der Waals surface area contributed by atoms with Gasteiger partial charge in [0.25, 0.3) is 10.1 Å². The lowest BCUT2D eigenvalue weighted by molar-refractivity contribution is -0.184. The lowest BCUT2D eigenvalue weighted by Gasteiger charge is -2.29. The summed E-state index contributed by atoms with van der Waals surface area (Å²) in [6.07, 6.45) is -2.29. The molecule has 0 atom stereocenters. The van der Waals surface area contributed by atoms with Crippen LogP contribution in [0.4, 0.5) is 13.2 Å². The van der Waals surface area contributed by atoms with Crippen molar-refractivity contribution in [3.05, 3.63) is 0 Å². The molecule has 0 spiro atoms. The van der Waals surface area contributed by atoms with Crippen LogP contribution in [-0.2, 0) is 14.3 Å². The normalized spacial score (nSPS) is 28.0. The quantitative estimate of drug-likeness (QED) is 0.731. The molecule has 0 aromatic carbocycles. The van der Waals surface area contributed by atoms with Gasteiger partial charge in [0.15, 0.2) is 0 Å². The molecule has 1 fully saturated rings. The average Bonchev–Trinajstić information content (AvgIpc) is 2.13. The first-order valence-electron chi connectivity index (χ1n) is 5.09. The molecule has 0 bridgehead atoms. The van der Waals surface area contributed by atoms with E-state index >= 15 is 0 Å². The minimum absolute atomic E-state index is 0.00338. The van der Waals surface area contributed by atoms with E-state index in [9.17, 15) is 21.6 Å². The van der Waals surface area contributed by atoms with E-state index in [4.69, 9.17) is 0 Å². The predicted octanol–water partition coefficient (Wildman–Crippen LogP) is 2.33. The fourth-order valence-corrected chi connectivity index (χ4v) is 2.32. The highest BCUT2D eigenvalue weighted by molar-refractivity contribution is 7.85. The van der Waals surface area contributed by atoms with Crippen molar-refractivity contribution in [3.8, 4) is 0 Å². The molecule has 1 rings (SSSR count). The second-order valence-corrected chi connectivity index (χ2v) is 5.89. The molecular weight excluding hydrogens is 245 g/mol. The molecule has 0 heterocycles. The molecule has 1 aliphatic rings. The lowest BCUT2D eigenvalue weighted by Crippen LogP contribution is -2.29. The highest BCUT2D eigenvalue weighted by Crippen LogP contribution is 2.39. The smallest absolute Gasteiger partial charge is 0.270 e. The van der Waals surface area contributed by atoms with Crippen LogP contribution in [0.3, 0.4) is 0 Å². The van der Waals surface area contributed by atoms with E-state index < -0.39 is 22.2 Å². The second-order valence-electron chi connectivity index (χ2n) is 4.25. The zero-order valence-electron chi connectivity index (χ0n) is 8.96. The zero-order valence-corrected chi connectivity index (χ0v) is 9.77. The van der Waals surface area contributed by atoms with Gasteiger partial charge in [-0.05, 0) is 31.6 Å². The van der Waals surface area contributed by atoms with Crippen LogP contribution in [0, 0.1) is 11.8 Å². The molecular formula is C9H15F3O3S. The molecule has 1 saturated carbocycles. The maximum Gasteiger partial charge on any atom is 0.391 e. The van der Waals surface area contributed by atoms with Gasteiger partial charge in [-0.25, -0.2) is 0 Å². The van der Waals surface area contributed by atoms with Gasteiger partial charge in [0, 0.05) is 0 Å². The first-order chi connectivity index (χ1) is 7.18. The van der Waals surface area contributed by atoms with E-state index in [0.717, 1.165) is 6.26 Å². The van der Waals surface area contributed by atoms with E-state index in [1.807, 2.05) is 0 Å². The van der Waals surface area contributed by atoms with Crippen LogP contribution in [-0.4, -0.2) is 27.5 Å². The third-order valence-corrected chi connectivity index (χ3v) is 3.39. The topological polar surface area (TPSA) is 43.4 Å². The van der Waals surface area contributed by atoms with Gasteiger partial charge in [-0.15, -0.1) is 0 Å². The van der Waals surface area contributed by atoms with Gasteiger partial charge < -0.3 is 0 Å². The van der Waals surface area contributed by atoms with Crippen molar-refractivity contribution in [2.24, 2.45) is 11.8 Å². The zero-order chi connectivity index (χ0) is 12.4. The van der Waals surface area contributed by atoms with Gasteiger partial charge in [-0.1, -0.05) is 0 Å². The Bertz CT molecular complexity index is 315. The summed E-state index contributed by atoms with van der Waals surface area (Å²) in [7, 11) is -3.49. The van der Waals surface area contributed by atoms with Crippen LogP contribution in [0.5, 0.6) is 0 Å². The highest BCUT2D eigenvalue weighted by Gasteiger charge is 2.41. The van der Waals surface area contributed by atoms with Crippen LogP contribution in [0.15, 0.2) is 0 Å². The third-order valence-electron chi connectivity index (χ3n) is 2.83. The van der Waals surface area contributed by atoms with Crippen molar-refractivity contribution >= 4 is 10.1 Å². The molecule has 0 aromatic heterocycles. The summed E-state index contributed by atoms with van der Waals surface area (Å²) in [5, 5.41) is 0. The maximum absolute atomic E-state index is 12.3. The minimum Gasteiger partial charge on any atom is -0.270 e. The summed E-state index contributed by atoms with van der Waals surface area (Å²) in [5.74, 6) is -1.31. The minimum atomic E-state index is -4.12. The van der Waals surface area contributed by atoms with Crippen molar-refractivity contribution in [1.82, 2.24) is 0 Å². The van der Waals surface area contributed by atoms with Gasteiger partial charge >= 0.3 is 6.18 Å². The number of rotatable bonds is 3. The fraction of sp³-hybridized carbons (Fsp3) is 1.00. The molecule has 0 aliphatic heterocycles. The Labute approximate surface area is 93.1 Å². The summed E-state index contributed by atoms with van der Waals surface area (Å²) < 4.78 is 62.9. The highest BCUT2D eigenvalue weighted by atomic mass is 32.2. The van der Waals surface area contributed by atoms with Crippen LogP contribution >= 0.6 is 0 Å². The summed E-state index contributed by atoms with van der Waals surface area (Å²) in [4.78, 5) is 0. The maximum atomic E-state index is 12.3. The first-order valence-corrected chi connectivity index (χ1v) is 6.91. The van der Waals surface area contributed by atoms with E-state index in [2.05, 4.69) is 4.18 Å². The summed E-state index contributed by atoms with van der Waals surface area (Å²) in [6.45, 7) is 0.00338. The molecule has 96 valence electrons. The summed E-state index contributed by atoms with van der Waals surface area (Å²) >= 11 is 0. The first kappa shape index (κ1) is 13.8. The number of alkyl halides is 3. The van der Waals surface area contributed by atoms with E-state index in [1.54, 1.807) is 0 Å². The Morgan fingerprint density at radius 3 is 2.06 bits per heavy atom. The number of hydrogen-bond acceptors (Lipinski definition) is 3. The number of halogens is 3. The van der Waals surface area contributed by atoms with Crippen molar-refractivity contribution in [2.45, 2.75) is 31.9 Å². The summed E-state index contributed by atoms with van der Waals surface area (Å²) in [5.41, 5.74) is 0. The van der Waals surface area contributed by atoms with Gasteiger partial charge in [0.05, 0.1) is 18.8 Å². The van der Waals surface area contributed by atoms with Crippen LogP contribution in [0.25, 0.3) is 0 Å². The molecule has 7 heteroatoms. The Hall–Kier alpha value is -0.300. The molecule has 0 N–H and O–H groups in total. The standard InChI is InChI=1S/C9H15F3O3S/c1-16(13,14)15-6-7-2-4-8(5-3-7)9(10,11)12/h7-8H,2-6H2,1H3/t7-,8-. The van der Waals surface area contributed by atoms with E-state index in [-0.39, 0.29) is 25.4 Å². The molecule has 3 nitrogen and oxygen atoms in total. The average molecular weight is 260 g/mol. The predicted molar refractivity (Wildman–Crippen MR) is 52.3 cm³/mol. The van der Waals surface area contributed by atoms with Gasteiger partial charge in [-0.3, -0.25) is 4.18 Å². The van der Waals surface area contributed by atoms with Crippen LogP contribution in [0.1, 0.15) is 25.7 Å². The van der Waals surface area contributed by atoms with Crippen molar-refractivity contribution in [3.63, 3.8) is 0 Å². The monoisotopic (exact) mass is 260 g/mol. The molecule has 1 aliphatic carbocycles. The fourth-order valence-electron chi connectivity index (χ4n) is 1.88. The second kappa shape index (κ2) is 4.91. The van der Waals surface area contributed by atoms with Gasteiger partial charge in [-0.2, -0.15) is 21.6 Å². The molecule has 16 heavy (non-hydrogen) atoms. The van der Waals surface area contributed by atoms with Crippen LogP contribution in [0.2, 0.25) is 0 Å². The van der Waals surface area contributed by atoms with E-state index in [1.165, 1.54) is 0 Å². The molecule has 0 amide bonds. The third kappa shape index (κ3) is 4.69. The van der Waals surface area contributed by atoms with Gasteiger partial charge in [0.1, 0.15) is 0 Å². The van der Waals surface area contributed by atoms with Gasteiger partial charge in [0.2, 0.25) is 0 Å². The van der Waals surface area contributed by atoms with Crippen LogP contribution < -0.4 is 0 Å². The Morgan fingerprint density at radius 2 is 1.69 bits per heavy atom. The van der Waals surface area contributed by atoms with Crippen molar-refractivity contribution in [1.29, 1.82) is 0 Å². The summed E-state index contributed by atoms with van der Waals surface area (Å²) in [6, 6.07) is 0. The Morgan fingerprint density at radius 1 is 1.19 bits per heavy atom. The van der Waals surface area contributed by atoms with E-state index in [0.29, 0.717) is 12.8 Å². The molecule has 0 aromatic rings. The molecule has 0 unspecified atom stereocenters. The molecule has 0 radical (unpaired) electrons. The molecule has 0 saturated heterocycles.